The number of aliphatic hydroxyl groups is 1. The van der Waals surface area contributed by atoms with Crippen molar-refractivity contribution in [2.45, 2.75) is 78.1 Å². The van der Waals surface area contributed by atoms with Gasteiger partial charge in [0.15, 0.2) is 0 Å². The second-order valence-corrected chi connectivity index (χ2v) is 12.3. The van der Waals surface area contributed by atoms with Crippen molar-refractivity contribution in [1.29, 1.82) is 0 Å². The van der Waals surface area contributed by atoms with E-state index in [1.54, 1.807) is 4.90 Å². The lowest BCUT2D eigenvalue weighted by atomic mass is 9.91. The van der Waals surface area contributed by atoms with Gasteiger partial charge in [0.05, 0.1) is 12.5 Å². The first-order valence-electron chi connectivity index (χ1n) is 15.3. The summed E-state index contributed by atoms with van der Waals surface area (Å²) in [7, 11) is 2.04. The van der Waals surface area contributed by atoms with Crippen LogP contribution in [0.4, 0.5) is 10.5 Å². The number of ether oxygens (including phenoxy) is 2. The molecule has 0 aliphatic carbocycles. The largest absolute Gasteiger partial charge is 0.457 e. The van der Waals surface area contributed by atoms with Crippen LogP contribution < -0.4 is 4.90 Å². The van der Waals surface area contributed by atoms with Crippen molar-refractivity contribution < 1.29 is 29.0 Å². The molecule has 4 rings (SSSR count). The van der Waals surface area contributed by atoms with Gasteiger partial charge in [0, 0.05) is 50.7 Å². The fourth-order valence-electron chi connectivity index (χ4n) is 5.88. The van der Waals surface area contributed by atoms with Gasteiger partial charge in [-0.05, 0) is 74.9 Å². The smallest absolute Gasteiger partial charge is 0.410 e. The highest BCUT2D eigenvalue weighted by atomic mass is 16.6. The third-order valence-electron chi connectivity index (χ3n) is 8.70. The molecule has 230 valence electrons. The summed E-state index contributed by atoms with van der Waals surface area (Å²) in [5, 5.41) is 10.6. The zero-order valence-electron chi connectivity index (χ0n) is 25.8. The highest BCUT2D eigenvalue weighted by molar-refractivity contribution is 5.96. The van der Waals surface area contributed by atoms with Crippen LogP contribution in [0.25, 0.3) is 6.08 Å². The van der Waals surface area contributed by atoms with Gasteiger partial charge in [0.1, 0.15) is 12.2 Å². The van der Waals surface area contributed by atoms with Gasteiger partial charge in [-0.3, -0.25) is 9.59 Å². The van der Waals surface area contributed by atoms with E-state index in [1.807, 2.05) is 76.1 Å². The first-order valence-corrected chi connectivity index (χ1v) is 15.3. The Labute approximate surface area is 250 Å². The first kappa shape index (κ1) is 31.8. The lowest BCUT2D eigenvalue weighted by Crippen LogP contribution is -2.48. The number of benzene rings is 1. The van der Waals surface area contributed by atoms with Gasteiger partial charge in [-0.1, -0.05) is 38.1 Å². The van der Waals surface area contributed by atoms with E-state index in [2.05, 4.69) is 4.90 Å². The number of hydrogen-bond acceptors (Lipinski definition) is 7. The Kier molecular flexibility index (Phi) is 10.8. The minimum absolute atomic E-state index is 0.0377. The lowest BCUT2D eigenvalue weighted by Gasteiger charge is -2.33. The minimum Gasteiger partial charge on any atom is -0.457 e. The second kappa shape index (κ2) is 14.3. The highest BCUT2D eigenvalue weighted by Gasteiger charge is 2.29. The number of hydrogen-bond donors (Lipinski definition) is 1. The van der Waals surface area contributed by atoms with Crippen LogP contribution >= 0.6 is 0 Å². The molecule has 3 heterocycles. The van der Waals surface area contributed by atoms with Crippen LogP contribution in [0, 0.1) is 18.8 Å². The van der Waals surface area contributed by atoms with Crippen LogP contribution in [0.15, 0.2) is 35.9 Å². The predicted molar refractivity (Wildman–Crippen MR) is 163 cm³/mol. The van der Waals surface area contributed by atoms with Gasteiger partial charge >= 0.3 is 12.1 Å². The molecule has 2 fully saturated rings. The van der Waals surface area contributed by atoms with E-state index in [-0.39, 0.29) is 30.3 Å². The van der Waals surface area contributed by atoms with Crippen LogP contribution in [-0.4, -0.2) is 91.0 Å². The van der Waals surface area contributed by atoms with Crippen LogP contribution in [0.2, 0.25) is 0 Å². The molecular weight excluding hydrogens is 534 g/mol. The van der Waals surface area contributed by atoms with Crippen molar-refractivity contribution in [3.05, 3.63) is 47.1 Å². The molecule has 0 saturated carbocycles. The summed E-state index contributed by atoms with van der Waals surface area (Å²) in [5.74, 6) is -0.564. The quantitative estimate of drug-likeness (QED) is 0.411. The Hall–Kier alpha value is -3.17. The van der Waals surface area contributed by atoms with Crippen LogP contribution in [0.1, 0.15) is 64.0 Å². The summed E-state index contributed by atoms with van der Waals surface area (Å²) in [6, 6.07) is 6.02. The first-order chi connectivity index (χ1) is 20.0. The molecule has 5 atom stereocenters. The zero-order chi connectivity index (χ0) is 30.4. The molecule has 0 unspecified atom stereocenters. The van der Waals surface area contributed by atoms with Gasteiger partial charge in [-0.2, -0.15) is 0 Å². The third-order valence-corrected chi connectivity index (χ3v) is 8.70. The Morgan fingerprint density at radius 1 is 1.07 bits per heavy atom. The van der Waals surface area contributed by atoms with Crippen molar-refractivity contribution in [1.82, 2.24) is 9.80 Å². The maximum Gasteiger partial charge on any atom is 0.410 e. The Morgan fingerprint density at radius 2 is 1.81 bits per heavy atom. The van der Waals surface area contributed by atoms with E-state index in [0.717, 1.165) is 48.4 Å². The van der Waals surface area contributed by atoms with Gasteiger partial charge in [-0.25, -0.2) is 4.79 Å². The molecule has 0 radical (unpaired) electrons. The Balaban J connectivity index is 1.57. The summed E-state index contributed by atoms with van der Waals surface area (Å²) < 4.78 is 12.0. The summed E-state index contributed by atoms with van der Waals surface area (Å²) >= 11 is 0. The van der Waals surface area contributed by atoms with E-state index in [4.69, 9.17) is 9.47 Å². The predicted octanol–water partition coefficient (Wildman–Crippen LogP) is 4.56. The maximum absolute atomic E-state index is 13.0. The molecule has 2 saturated heterocycles. The van der Waals surface area contributed by atoms with E-state index in [1.165, 1.54) is 0 Å². The van der Waals surface area contributed by atoms with Crippen molar-refractivity contribution in [3.63, 3.8) is 0 Å². The van der Waals surface area contributed by atoms with Gasteiger partial charge in [0.25, 0.3) is 0 Å². The SMILES string of the molecule is C/C(=C\c1ccc(C)c(N2CCCC2=O)c1)[C@H]1OC(=O)C[C@H](O)CC[C@H](C)[C@@H](OC(=O)N2CCN(C)CC2)/C=C\[C@@H]1C. The molecule has 42 heavy (non-hydrogen) atoms. The second-order valence-electron chi connectivity index (χ2n) is 12.3. The number of anilines is 1. The van der Waals surface area contributed by atoms with E-state index in [0.29, 0.717) is 32.4 Å². The molecule has 2 amide bonds. The number of rotatable bonds is 4. The van der Waals surface area contributed by atoms with Gasteiger partial charge < -0.3 is 29.3 Å². The standard InChI is InChI=1S/C33H47N3O6/c1-22-8-11-26(20-28(22)36-14-6-7-30(36)38)19-25(4)32-24(3)10-13-29(23(2)9-12-27(37)21-31(39)42-32)41-33(40)35-17-15-34(5)16-18-35/h8,10-11,13,19-20,23-24,27,29,32,37H,6-7,9,12,14-18,21H2,1-5H3/b13-10-,25-19+/t23-,24-,27+,29-,32-/m0/s1. The van der Waals surface area contributed by atoms with Crippen LogP contribution in [0.5, 0.6) is 0 Å². The molecule has 9 heteroatoms. The molecule has 1 aromatic carbocycles. The summed E-state index contributed by atoms with van der Waals surface area (Å²) in [6.45, 7) is 11.5. The summed E-state index contributed by atoms with van der Waals surface area (Å²) in [4.78, 5) is 44.1. The number of nitrogens with zero attached hydrogens (tertiary/aromatic N) is 3. The van der Waals surface area contributed by atoms with Crippen molar-refractivity contribution >= 4 is 29.7 Å². The number of aliphatic hydroxyl groups excluding tert-OH is 1. The molecule has 0 aromatic heterocycles. The van der Waals surface area contributed by atoms with Crippen molar-refractivity contribution in [2.24, 2.45) is 11.8 Å². The fraction of sp³-hybridized carbons (Fsp3) is 0.606. The minimum atomic E-state index is -0.838. The zero-order valence-corrected chi connectivity index (χ0v) is 25.8. The van der Waals surface area contributed by atoms with E-state index in [9.17, 15) is 19.5 Å². The molecule has 1 N–H and O–H groups in total. The highest BCUT2D eigenvalue weighted by Crippen LogP contribution is 2.29. The van der Waals surface area contributed by atoms with E-state index >= 15 is 0 Å². The number of piperazine rings is 1. The third kappa shape index (κ3) is 8.22. The van der Waals surface area contributed by atoms with Crippen molar-refractivity contribution in [2.75, 3.05) is 44.7 Å². The average molecular weight is 582 g/mol. The molecule has 3 aliphatic rings. The Morgan fingerprint density at radius 3 is 2.50 bits per heavy atom. The monoisotopic (exact) mass is 581 g/mol. The number of esters is 1. The van der Waals surface area contributed by atoms with E-state index < -0.39 is 24.3 Å². The molecule has 0 spiro atoms. The van der Waals surface area contributed by atoms with Crippen molar-refractivity contribution in [3.8, 4) is 0 Å². The molecule has 9 nitrogen and oxygen atoms in total. The number of cyclic esters (lactones) is 1. The fourth-order valence-corrected chi connectivity index (χ4v) is 5.88. The summed E-state index contributed by atoms with van der Waals surface area (Å²) in [6.07, 6.45) is 5.99. The number of aryl methyl sites for hydroxylation is 1. The average Bonchev–Trinajstić information content (AvgIpc) is 3.38. The van der Waals surface area contributed by atoms with Gasteiger partial charge in [0.2, 0.25) is 5.91 Å². The number of amides is 2. The number of carbonyl (C=O) groups excluding carboxylic acids is 3. The Bertz CT molecular complexity index is 1190. The maximum atomic E-state index is 13.0. The number of likely N-dealkylation sites (N-methyl/N-ethyl adjacent to an activating group) is 1. The molecule has 3 aliphatic heterocycles. The summed E-state index contributed by atoms with van der Waals surface area (Å²) in [5.41, 5.74) is 3.70. The van der Waals surface area contributed by atoms with Crippen LogP contribution in [0.3, 0.4) is 0 Å². The number of carbonyl (C=O) groups is 3. The van der Waals surface area contributed by atoms with Gasteiger partial charge in [-0.15, -0.1) is 0 Å². The normalized spacial score (nSPS) is 29.5. The topological polar surface area (TPSA) is 99.6 Å². The molecular formula is C33H47N3O6. The van der Waals surface area contributed by atoms with Crippen LogP contribution in [-0.2, 0) is 19.1 Å². The molecule has 1 aromatic rings. The molecule has 0 bridgehead atoms. The lowest BCUT2D eigenvalue weighted by molar-refractivity contribution is -0.151.